The summed E-state index contributed by atoms with van der Waals surface area (Å²) in [5, 5.41) is 0. The first-order valence-electron chi connectivity index (χ1n) is 10.2. The molecule has 0 radical (unpaired) electrons. The van der Waals surface area contributed by atoms with Crippen LogP contribution in [0.15, 0.2) is 24.3 Å². The molecule has 2 unspecified atom stereocenters. The van der Waals surface area contributed by atoms with E-state index in [-0.39, 0.29) is 24.0 Å². The number of hydrogen-bond donors (Lipinski definition) is 0. The third-order valence-corrected chi connectivity index (χ3v) is 6.47. The Hall–Kier alpha value is -2.44. The van der Waals surface area contributed by atoms with Gasteiger partial charge in [0.1, 0.15) is 23.0 Å². The Balaban J connectivity index is 1.63. The number of methoxy groups -OCH3 is 4. The first-order valence-corrected chi connectivity index (χ1v) is 10.2. The quantitative estimate of drug-likeness (QED) is 0.698. The molecular weight excluding hydrogens is 384 g/mol. The monoisotopic (exact) mass is 414 g/mol. The molecule has 0 spiro atoms. The summed E-state index contributed by atoms with van der Waals surface area (Å²) in [6.07, 6.45) is -0.115. The maximum atomic E-state index is 6.28. The lowest BCUT2D eigenvalue weighted by atomic mass is 9.84. The van der Waals surface area contributed by atoms with Crippen molar-refractivity contribution >= 4 is 0 Å². The van der Waals surface area contributed by atoms with E-state index < -0.39 is 0 Å². The van der Waals surface area contributed by atoms with Gasteiger partial charge in [0, 0.05) is 23.0 Å². The molecule has 2 aliphatic rings. The standard InChI is InChI=1S/C24H30O6/c1-13-19(25-3)7-15(8-20(13)26-4)23-17-11-30-24(18(17)12-29-23)16-9-21(27-5)14(2)22(10-16)28-6/h7-10,17-18,23-24H,11-12H2,1-6H3/t17?,18?,23-,24-/m1/s1. The molecule has 4 atom stereocenters. The van der Waals surface area contributed by atoms with E-state index in [0.717, 1.165) is 45.3 Å². The molecule has 0 amide bonds. The molecule has 6 nitrogen and oxygen atoms in total. The number of benzene rings is 2. The van der Waals surface area contributed by atoms with Crippen LogP contribution in [-0.2, 0) is 9.47 Å². The van der Waals surface area contributed by atoms with Gasteiger partial charge in [-0.25, -0.2) is 0 Å². The van der Waals surface area contributed by atoms with E-state index in [0.29, 0.717) is 13.2 Å². The predicted octanol–water partition coefficient (Wildman–Crippen LogP) is 4.41. The van der Waals surface area contributed by atoms with Crippen LogP contribution in [0.25, 0.3) is 0 Å². The van der Waals surface area contributed by atoms with Crippen LogP contribution in [0.2, 0.25) is 0 Å². The van der Waals surface area contributed by atoms with Crippen LogP contribution in [0.3, 0.4) is 0 Å². The van der Waals surface area contributed by atoms with Crippen LogP contribution in [0.5, 0.6) is 23.0 Å². The fourth-order valence-corrected chi connectivity index (χ4v) is 4.78. The molecule has 162 valence electrons. The molecule has 2 heterocycles. The summed E-state index contributed by atoms with van der Waals surface area (Å²) in [6.45, 7) is 5.26. The third-order valence-electron chi connectivity index (χ3n) is 6.47. The van der Waals surface area contributed by atoms with Crippen molar-refractivity contribution in [1.82, 2.24) is 0 Å². The van der Waals surface area contributed by atoms with Gasteiger partial charge < -0.3 is 28.4 Å². The second-order valence-corrected chi connectivity index (χ2v) is 7.94. The molecule has 6 heteroatoms. The van der Waals surface area contributed by atoms with Gasteiger partial charge in [-0.3, -0.25) is 0 Å². The SMILES string of the molecule is COc1cc([C@H]2OCC3C2CO[C@@H]3c2cc(OC)c(C)c(OC)c2)cc(OC)c1C. The topological polar surface area (TPSA) is 55.4 Å². The molecule has 2 aromatic carbocycles. The van der Waals surface area contributed by atoms with Gasteiger partial charge in [-0.05, 0) is 49.2 Å². The summed E-state index contributed by atoms with van der Waals surface area (Å²) < 4.78 is 34.8. The Morgan fingerprint density at radius 3 is 1.17 bits per heavy atom. The molecule has 0 N–H and O–H groups in total. The Labute approximate surface area is 178 Å². The number of rotatable bonds is 6. The average Bonchev–Trinajstić information content (AvgIpc) is 3.36. The fourth-order valence-electron chi connectivity index (χ4n) is 4.78. The van der Waals surface area contributed by atoms with E-state index >= 15 is 0 Å². The minimum absolute atomic E-state index is 0.0577. The van der Waals surface area contributed by atoms with Crippen molar-refractivity contribution in [1.29, 1.82) is 0 Å². The zero-order valence-electron chi connectivity index (χ0n) is 18.5. The average molecular weight is 414 g/mol. The Bertz CT molecular complexity index is 798. The van der Waals surface area contributed by atoms with Gasteiger partial charge >= 0.3 is 0 Å². The fraction of sp³-hybridized carbons (Fsp3) is 0.500. The summed E-state index contributed by atoms with van der Waals surface area (Å²) in [5.41, 5.74) is 4.09. The van der Waals surface area contributed by atoms with Gasteiger partial charge in [0.15, 0.2) is 0 Å². The van der Waals surface area contributed by atoms with E-state index in [1.807, 2.05) is 13.8 Å². The molecule has 4 rings (SSSR count). The van der Waals surface area contributed by atoms with E-state index in [4.69, 9.17) is 28.4 Å². The first-order chi connectivity index (χ1) is 14.5. The molecular formula is C24H30O6. The van der Waals surface area contributed by atoms with Crippen LogP contribution in [0.1, 0.15) is 34.5 Å². The van der Waals surface area contributed by atoms with Gasteiger partial charge in [-0.1, -0.05) is 0 Å². The second kappa shape index (κ2) is 8.36. The third kappa shape index (κ3) is 3.38. The highest BCUT2D eigenvalue weighted by atomic mass is 16.5. The Morgan fingerprint density at radius 2 is 0.900 bits per heavy atom. The van der Waals surface area contributed by atoms with Crippen molar-refractivity contribution in [2.75, 3.05) is 41.7 Å². The van der Waals surface area contributed by atoms with Crippen molar-refractivity contribution in [2.24, 2.45) is 11.8 Å². The highest BCUT2D eigenvalue weighted by molar-refractivity contribution is 5.49. The largest absolute Gasteiger partial charge is 0.496 e. The van der Waals surface area contributed by atoms with Crippen LogP contribution < -0.4 is 18.9 Å². The molecule has 0 aromatic heterocycles. The van der Waals surface area contributed by atoms with Crippen LogP contribution in [0, 0.1) is 25.7 Å². The van der Waals surface area contributed by atoms with E-state index in [1.165, 1.54) is 0 Å². The maximum Gasteiger partial charge on any atom is 0.125 e. The van der Waals surface area contributed by atoms with Crippen LogP contribution >= 0.6 is 0 Å². The Kier molecular flexibility index (Phi) is 5.80. The maximum absolute atomic E-state index is 6.28. The molecule has 0 saturated carbocycles. The summed E-state index contributed by atoms with van der Waals surface area (Å²) in [7, 11) is 6.71. The minimum atomic E-state index is -0.0577. The van der Waals surface area contributed by atoms with E-state index in [2.05, 4.69) is 24.3 Å². The van der Waals surface area contributed by atoms with E-state index in [1.54, 1.807) is 28.4 Å². The van der Waals surface area contributed by atoms with E-state index in [9.17, 15) is 0 Å². The highest BCUT2D eigenvalue weighted by Gasteiger charge is 2.48. The highest BCUT2D eigenvalue weighted by Crippen LogP contribution is 2.52. The molecule has 0 aliphatic carbocycles. The van der Waals surface area contributed by atoms with Crippen LogP contribution in [0.4, 0.5) is 0 Å². The molecule has 2 aliphatic heterocycles. The first kappa shape index (κ1) is 20.8. The summed E-state index contributed by atoms with van der Waals surface area (Å²) in [6, 6.07) is 8.21. The van der Waals surface area contributed by atoms with Crippen molar-refractivity contribution in [3.63, 3.8) is 0 Å². The van der Waals surface area contributed by atoms with Gasteiger partial charge in [0.2, 0.25) is 0 Å². The van der Waals surface area contributed by atoms with Crippen molar-refractivity contribution in [3.05, 3.63) is 46.5 Å². The lowest BCUT2D eigenvalue weighted by Crippen LogP contribution is -2.15. The summed E-state index contributed by atoms with van der Waals surface area (Å²) >= 11 is 0. The number of fused-ring (bicyclic) bond motifs is 1. The number of hydrogen-bond acceptors (Lipinski definition) is 6. The molecule has 2 aromatic rings. The lowest BCUT2D eigenvalue weighted by Gasteiger charge is -2.20. The zero-order valence-corrected chi connectivity index (χ0v) is 18.5. The lowest BCUT2D eigenvalue weighted by molar-refractivity contribution is 0.0190. The van der Waals surface area contributed by atoms with Crippen molar-refractivity contribution in [2.45, 2.75) is 26.1 Å². The van der Waals surface area contributed by atoms with Gasteiger partial charge in [-0.15, -0.1) is 0 Å². The van der Waals surface area contributed by atoms with Gasteiger partial charge in [-0.2, -0.15) is 0 Å². The zero-order chi connectivity index (χ0) is 21.4. The number of ether oxygens (including phenoxy) is 6. The van der Waals surface area contributed by atoms with Crippen molar-refractivity contribution in [3.8, 4) is 23.0 Å². The predicted molar refractivity (Wildman–Crippen MR) is 113 cm³/mol. The van der Waals surface area contributed by atoms with Gasteiger partial charge in [0.05, 0.1) is 53.9 Å². The van der Waals surface area contributed by atoms with Crippen molar-refractivity contribution < 1.29 is 28.4 Å². The Morgan fingerprint density at radius 1 is 0.600 bits per heavy atom. The molecule has 2 saturated heterocycles. The van der Waals surface area contributed by atoms with Crippen LogP contribution in [-0.4, -0.2) is 41.7 Å². The molecule has 2 fully saturated rings. The smallest absolute Gasteiger partial charge is 0.125 e. The molecule has 30 heavy (non-hydrogen) atoms. The normalized spacial score (nSPS) is 25.1. The summed E-state index contributed by atoms with van der Waals surface area (Å²) in [4.78, 5) is 0. The van der Waals surface area contributed by atoms with Gasteiger partial charge in [0.25, 0.3) is 0 Å². The second-order valence-electron chi connectivity index (χ2n) is 7.94. The molecule has 0 bridgehead atoms. The summed E-state index contributed by atoms with van der Waals surface area (Å²) in [5.74, 6) is 3.73. The minimum Gasteiger partial charge on any atom is -0.496 e.